The van der Waals surface area contributed by atoms with Crippen molar-refractivity contribution in [3.05, 3.63) is 6.54 Å². The van der Waals surface area contributed by atoms with Gasteiger partial charge in [-0.05, 0) is 0 Å². The van der Waals surface area contributed by atoms with E-state index in [1.54, 1.807) is 0 Å². The van der Waals surface area contributed by atoms with E-state index in [-0.39, 0.29) is 12.8 Å². The highest BCUT2D eigenvalue weighted by atomic mass is 16.4. The van der Waals surface area contributed by atoms with Crippen LogP contribution in [-0.2, 0) is 14.4 Å². The molecule has 0 bridgehead atoms. The topological polar surface area (TPSA) is 74.7 Å². The van der Waals surface area contributed by atoms with Gasteiger partial charge in [-0.3, -0.25) is 14.5 Å². The molecule has 0 aromatic heterocycles. The number of hydrogen-bond acceptors (Lipinski definition) is 3. The molecule has 5 nitrogen and oxygen atoms in total. The largest absolute Gasteiger partial charge is 0.480 e. The lowest BCUT2D eigenvalue weighted by molar-refractivity contribution is -0.144. The van der Waals surface area contributed by atoms with Crippen molar-refractivity contribution in [3.63, 3.8) is 0 Å². The first kappa shape index (κ1) is 7.71. The molecule has 2 amide bonds. The van der Waals surface area contributed by atoms with Gasteiger partial charge in [0.05, 0.1) is 0 Å². The third kappa shape index (κ3) is 1.54. The van der Waals surface area contributed by atoms with Gasteiger partial charge in [-0.15, -0.1) is 0 Å². The fourth-order valence-electron chi connectivity index (χ4n) is 0.848. The number of hydrogen-bond donors (Lipinski definition) is 1. The third-order valence-corrected chi connectivity index (χ3v) is 1.33. The highest BCUT2D eigenvalue weighted by Gasteiger charge is 2.30. The van der Waals surface area contributed by atoms with E-state index < -0.39 is 17.8 Å². The van der Waals surface area contributed by atoms with Crippen molar-refractivity contribution in [1.29, 1.82) is 0 Å². The number of rotatable bonds is 2. The fourth-order valence-corrected chi connectivity index (χ4v) is 0.848. The Morgan fingerprint density at radius 1 is 1.36 bits per heavy atom. The highest BCUT2D eigenvalue weighted by molar-refractivity contribution is 6.05. The van der Waals surface area contributed by atoms with E-state index in [1.165, 1.54) is 0 Å². The molecule has 11 heavy (non-hydrogen) atoms. The zero-order chi connectivity index (χ0) is 8.43. The smallest absolute Gasteiger partial charge is 0.329 e. The van der Waals surface area contributed by atoms with Crippen LogP contribution in [0.5, 0.6) is 0 Å². The minimum atomic E-state index is -1.28. The van der Waals surface area contributed by atoms with E-state index in [1.807, 2.05) is 0 Å². The first-order valence-electron chi connectivity index (χ1n) is 3.04. The number of carbonyl (C=O) groups is 3. The molecule has 0 aromatic carbocycles. The van der Waals surface area contributed by atoms with Gasteiger partial charge >= 0.3 is 5.97 Å². The molecular formula is C6H6NO4. The van der Waals surface area contributed by atoms with Crippen LogP contribution in [-0.4, -0.2) is 27.8 Å². The van der Waals surface area contributed by atoms with E-state index >= 15 is 0 Å². The van der Waals surface area contributed by atoms with Crippen LogP contribution in [0.15, 0.2) is 0 Å². The molecule has 59 valence electrons. The summed E-state index contributed by atoms with van der Waals surface area (Å²) in [6.45, 7) is 0.595. The van der Waals surface area contributed by atoms with E-state index in [0.717, 1.165) is 0 Å². The quantitative estimate of drug-likeness (QED) is 0.541. The lowest BCUT2D eigenvalue weighted by Gasteiger charge is -2.07. The van der Waals surface area contributed by atoms with Gasteiger partial charge in [0.25, 0.3) is 0 Å². The molecule has 5 heteroatoms. The van der Waals surface area contributed by atoms with Gasteiger partial charge in [0.1, 0.15) is 0 Å². The summed E-state index contributed by atoms with van der Waals surface area (Å²) in [5, 5.41) is 8.21. The Hall–Kier alpha value is -1.39. The minimum Gasteiger partial charge on any atom is -0.480 e. The van der Waals surface area contributed by atoms with Gasteiger partial charge in [0.2, 0.25) is 11.8 Å². The van der Waals surface area contributed by atoms with E-state index in [2.05, 4.69) is 0 Å². The normalized spacial score (nSPS) is 17.6. The second kappa shape index (κ2) is 2.69. The molecule has 1 fully saturated rings. The summed E-state index contributed by atoms with van der Waals surface area (Å²) in [6, 6.07) is 0. The van der Waals surface area contributed by atoms with Gasteiger partial charge < -0.3 is 5.11 Å². The highest BCUT2D eigenvalue weighted by Crippen LogP contribution is 2.12. The third-order valence-electron chi connectivity index (χ3n) is 1.33. The Bertz CT molecular complexity index is 207. The second-order valence-electron chi connectivity index (χ2n) is 2.12. The molecule has 1 saturated heterocycles. The summed E-state index contributed by atoms with van der Waals surface area (Å²) in [5.41, 5.74) is 0. The summed E-state index contributed by atoms with van der Waals surface area (Å²) < 4.78 is 0. The van der Waals surface area contributed by atoms with Crippen LogP contribution in [0, 0.1) is 6.54 Å². The van der Waals surface area contributed by atoms with Gasteiger partial charge in [-0.1, -0.05) is 0 Å². The van der Waals surface area contributed by atoms with Crippen molar-refractivity contribution >= 4 is 17.8 Å². The number of amides is 2. The lowest BCUT2D eigenvalue weighted by atomic mass is 10.4. The Morgan fingerprint density at radius 2 is 1.82 bits per heavy atom. The first-order valence-corrected chi connectivity index (χ1v) is 3.04. The van der Waals surface area contributed by atoms with E-state index in [4.69, 9.17) is 5.11 Å². The second-order valence-corrected chi connectivity index (χ2v) is 2.12. The molecule has 0 unspecified atom stereocenters. The molecule has 1 N–H and O–H groups in total. The number of carboxylic acid groups (broad SMARTS) is 1. The number of likely N-dealkylation sites (tertiary alicyclic amines) is 1. The Kier molecular flexibility index (Phi) is 1.89. The predicted octanol–water partition coefficient (Wildman–Crippen LogP) is -0.618. The standard InChI is InChI=1S/C6H6NO4/c8-4-1-2-5(9)7(4)3-6(10)11/h3H,1-2H2,(H,10,11). The van der Waals surface area contributed by atoms with Crippen LogP contribution in [0.2, 0.25) is 0 Å². The molecule has 1 radical (unpaired) electrons. The fraction of sp³-hybridized carbons (Fsp3) is 0.333. The van der Waals surface area contributed by atoms with Crippen molar-refractivity contribution < 1.29 is 19.5 Å². The van der Waals surface area contributed by atoms with Gasteiger partial charge in [0.15, 0.2) is 6.54 Å². The Balaban J connectivity index is 2.62. The lowest BCUT2D eigenvalue weighted by Crippen LogP contribution is -2.29. The Morgan fingerprint density at radius 3 is 2.18 bits per heavy atom. The van der Waals surface area contributed by atoms with Crippen LogP contribution < -0.4 is 0 Å². The van der Waals surface area contributed by atoms with Gasteiger partial charge in [-0.2, -0.15) is 0 Å². The van der Waals surface area contributed by atoms with Gasteiger partial charge in [0, 0.05) is 12.8 Å². The average Bonchev–Trinajstić information content (AvgIpc) is 2.18. The van der Waals surface area contributed by atoms with E-state index in [9.17, 15) is 14.4 Å². The number of carboxylic acids is 1. The molecule has 1 aliphatic heterocycles. The SMILES string of the molecule is O=C(O)[CH]N1C(=O)CCC1=O. The number of carbonyl (C=O) groups excluding carboxylic acids is 2. The molecule has 0 atom stereocenters. The molecular weight excluding hydrogens is 150 g/mol. The van der Waals surface area contributed by atoms with Gasteiger partial charge in [-0.25, -0.2) is 4.79 Å². The van der Waals surface area contributed by atoms with E-state index in [0.29, 0.717) is 11.4 Å². The van der Waals surface area contributed by atoms with Crippen LogP contribution in [0.25, 0.3) is 0 Å². The molecule has 1 heterocycles. The first-order chi connectivity index (χ1) is 5.11. The summed E-state index contributed by atoms with van der Waals surface area (Å²) in [5.74, 6) is -2.18. The molecule has 0 saturated carbocycles. The van der Waals surface area contributed by atoms with Crippen LogP contribution in [0.4, 0.5) is 0 Å². The van der Waals surface area contributed by atoms with Crippen molar-refractivity contribution in [2.75, 3.05) is 0 Å². The van der Waals surface area contributed by atoms with Crippen molar-refractivity contribution in [2.45, 2.75) is 12.8 Å². The molecule has 1 aliphatic rings. The molecule has 0 aromatic rings. The van der Waals surface area contributed by atoms with Crippen molar-refractivity contribution in [1.82, 2.24) is 4.90 Å². The minimum absolute atomic E-state index is 0.114. The van der Waals surface area contributed by atoms with Crippen molar-refractivity contribution in [2.24, 2.45) is 0 Å². The number of aliphatic carboxylic acids is 1. The summed E-state index contributed by atoms with van der Waals surface area (Å²) >= 11 is 0. The number of imide groups is 1. The monoisotopic (exact) mass is 156 g/mol. The van der Waals surface area contributed by atoms with Crippen LogP contribution in [0.1, 0.15) is 12.8 Å². The Labute approximate surface area is 62.6 Å². The summed E-state index contributed by atoms with van der Waals surface area (Å²) in [6.07, 6.45) is 0.227. The zero-order valence-electron chi connectivity index (χ0n) is 5.61. The van der Waals surface area contributed by atoms with Crippen molar-refractivity contribution in [3.8, 4) is 0 Å². The maximum Gasteiger partial charge on any atom is 0.329 e. The molecule has 1 rings (SSSR count). The summed E-state index contributed by atoms with van der Waals surface area (Å²) in [7, 11) is 0. The van der Waals surface area contributed by atoms with Crippen LogP contribution >= 0.6 is 0 Å². The van der Waals surface area contributed by atoms with Crippen LogP contribution in [0.3, 0.4) is 0 Å². The maximum absolute atomic E-state index is 10.7. The maximum atomic E-state index is 10.7. The average molecular weight is 156 g/mol. The predicted molar refractivity (Wildman–Crippen MR) is 33.0 cm³/mol. The summed E-state index contributed by atoms with van der Waals surface area (Å²) in [4.78, 5) is 32.1. The number of nitrogens with zero attached hydrogens (tertiary/aromatic N) is 1. The molecule has 0 aliphatic carbocycles. The molecule has 0 spiro atoms. The zero-order valence-corrected chi connectivity index (χ0v) is 5.61.